The molecule has 0 spiro atoms. The van der Waals surface area contributed by atoms with Crippen molar-refractivity contribution < 1.29 is 4.74 Å². The molecule has 3 unspecified atom stereocenters. The molecule has 2 nitrogen and oxygen atoms in total. The molecule has 3 atom stereocenters. The Kier molecular flexibility index (Phi) is 7.08. The lowest BCUT2D eigenvalue weighted by Gasteiger charge is -2.31. The molecule has 2 rings (SSSR count). The normalized spacial score (nSPS) is 26.0. The number of benzene rings is 1. The lowest BCUT2D eigenvalue weighted by atomic mass is 9.81. The van der Waals surface area contributed by atoms with E-state index in [4.69, 9.17) is 4.74 Å². The van der Waals surface area contributed by atoms with Crippen LogP contribution >= 0.6 is 11.8 Å². The molecule has 1 aromatic rings. The number of nitrogens with one attached hydrogen (secondary N) is 1. The Hall–Kier alpha value is -0.510. The van der Waals surface area contributed by atoms with E-state index in [1.165, 1.54) is 29.7 Å². The molecule has 1 saturated carbocycles. The molecule has 1 N–H and O–H groups in total. The van der Waals surface area contributed by atoms with Gasteiger partial charge in [-0.1, -0.05) is 26.0 Å². The van der Waals surface area contributed by atoms with Crippen molar-refractivity contribution in [1.82, 2.24) is 5.32 Å². The van der Waals surface area contributed by atoms with E-state index in [0.717, 1.165) is 36.8 Å². The molecule has 1 aliphatic rings. The lowest BCUT2D eigenvalue weighted by Crippen LogP contribution is -2.22. The summed E-state index contributed by atoms with van der Waals surface area (Å²) in [6, 6.07) is 8.99. The molecule has 0 heterocycles. The van der Waals surface area contributed by atoms with Gasteiger partial charge < -0.3 is 10.1 Å². The summed E-state index contributed by atoms with van der Waals surface area (Å²) in [7, 11) is 1.74. The molecule has 0 bridgehead atoms. The Morgan fingerprint density at radius 2 is 2.10 bits per heavy atom. The van der Waals surface area contributed by atoms with Gasteiger partial charge in [0, 0.05) is 30.3 Å². The van der Waals surface area contributed by atoms with Gasteiger partial charge in [-0.2, -0.15) is 0 Å². The summed E-state index contributed by atoms with van der Waals surface area (Å²) in [4.78, 5) is 1.42. The van der Waals surface area contributed by atoms with Gasteiger partial charge in [0.25, 0.3) is 0 Å². The molecule has 0 aliphatic heterocycles. The van der Waals surface area contributed by atoms with E-state index in [-0.39, 0.29) is 0 Å². The highest BCUT2D eigenvalue weighted by Gasteiger charge is 2.25. The Bertz CT molecular complexity index is 423. The molecular weight excluding hydrogens is 278 g/mol. The van der Waals surface area contributed by atoms with E-state index < -0.39 is 0 Å². The second-order valence-corrected chi connectivity index (χ2v) is 7.70. The quantitative estimate of drug-likeness (QED) is 0.757. The van der Waals surface area contributed by atoms with Crippen LogP contribution in [0, 0.1) is 11.8 Å². The molecule has 3 heteroatoms. The number of hydrogen-bond acceptors (Lipinski definition) is 3. The molecule has 1 aromatic carbocycles. The SMILES string of the molecule is COCCNCc1cccc(SC2CCC(C)C(C)C2)c1. The summed E-state index contributed by atoms with van der Waals surface area (Å²) in [6.45, 7) is 7.42. The number of ether oxygens (including phenoxy) is 1. The van der Waals surface area contributed by atoms with Crippen LogP contribution in [0.3, 0.4) is 0 Å². The number of hydrogen-bond donors (Lipinski definition) is 1. The van der Waals surface area contributed by atoms with Crippen LogP contribution in [0.1, 0.15) is 38.7 Å². The highest BCUT2D eigenvalue weighted by Crippen LogP contribution is 2.38. The summed E-state index contributed by atoms with van der Waals surface area (Å²) in [5, 5.41) is 4.21. The van der Waals surface area contributed by atoms with Crippen LogP contribution in [0.4, 0.5) is 0 Å². The third-order valence-corrected chi connectivity index (χ3v) is 5.85. The van der Waals surface area contributed by atoms with Crippen molar-refractivity contribution in [2.45, 2.75) is 49.8 Å². The van der Waals surface area contributed by atoms with Gasteiger partial charge in [0.05, 0.1) is 6.61 Å². The first-order chi connectivity index (χ1) is 10.2. The van der Waals surface area contributed by atoms with Crippen LogP contribution in [0.25, 0.3) is 0 Å². The fraction of sp³-hybridized carbons (Fsp3) is 0.667. The Morgan fingerprint density at radius 1 is 1.24 bits per heavy atom. The highest BCUT2D eigenvalue weighted by molar-refractivity contribution is 8.00. The molecule has 0 aromatic heterocycles. The Morgan fingerprint density at radius 3 is 2.86 bits per heavy atom. The minimum Gasteiger partial charge on any atom is -0.383 e. The van der Waals surface area contributed by atoms with Gasteiger partial charge in [-0.25, -0.2) is 0 Å². The van der Waals surface area contributed by atoms with Crippen LogP contribution in [0.5, 0.6) is 0 Å². The first kappa shape index (κ1) is 16.9. The third-order valence-electron chi connectivity index (χ3n) is 4.56. The van der Waals surface area contributed by atoms with Crippen LogP contribution in [0.15, 0.2) is 29.2 Å². The van der Waals surface area contributed by atoms with Gasteiger partial charge in [-0.05, 0) is 48.8 Å². The van der Waals surface area contributed by atoms with Crippen molar-refractivity contribution in [3.63, 3.8) is 0 Å². The maximum Gasteiger partial charge on any atom is 0.0587 e. The topological polar surface area (TPSA) is 21.3 Å². The van der Waals surface area contributed by atoms with Gasteiger partial charge in [-0.3, -0.25) is 0 Å². The first-order valence-electron chi connectivity index (χ1n) is 8.14. The van der Waals surface area contributed by atoms with Crippen LogP contribution in [-0.4, -0.2) is 25.5 Å². The average molecular weight is 308 g/mol. The largest absolute Gasteiger partial charge is 0.383 e. The van der Waals surface area contributed by atoms with Crippen LogP contribution < -0.4 is 5.32 Å². The zero-order valence-electron chi connectivity index (χ0n) is 13.6. The molecule has 1 aliphatic carbocycles. The Balaban J connectivity index is 1.83. The monoisotopic (exact) mass is 307 g/mol. The standard InChI is InChI=1S/C18H29NOS/c1-14-7-8-18(11-15(14)2)21-17-6-4-5-16(12-17)13-19-9-10-20-3/h4-6,12,14-15,18-19H,7-11,13H2,1-3H3. The summed E-state index contributed by atoms with van der Waals surface area (Å²) in [5.74, 6) is 1.77. The maximum atomic E-state index is 5.06. The number of methoxy groups -OCH3 is 1. The number of rotatable bonds is 7. The molecule has 118 valence electrons. The molecule has 1 fully saturated rings. The molecular formula is C18H29NOS. The predicted molar refractivity (Wildman–Crippen MR) is 91.8 cm³/mol. The predicted octanol–water partition coefficient (Wildman–Crippen LogP) is 4.34. The van der Waals surface area contributed by atoms with Gasteiger partial charge in [0.2, 0.25) is 0 Å². The third kappa shape index (κ3) is 5.65. The van der Waals surface area contributed by atoms with E-state index in [2.05, 4.69) is 55.2 Å². The zero-order chi connectivity index (χ0) is 15.1. The molecule has 0 amide bonds. The molecule has 0 radical (unpaired) electrons. The van der Waals surface area contributed by atoms with E-state index in [1.807, 2.05) is 0 Å². The van der Waals surface area contributed by atoms with Crippen molar-refractivity contribution in [3.8, 4) is 0 Å². The summed E-state index contributed by atoms with van der Waals surface area (Å²) in [5.41, 5.74) is 1.37. The summed E-state index contributed by atoms with van der Waals surface area (Å²) < 4.78 is 5.06. The van der Waals surface area contributed by atoms with Crippen molar-refractivity contribution >= 4 is 11.8 Å². The highest BCUT2D eigenvalue weighted by atomic mass is 32.2. The average Bonchev–Trinajstić information content (AvgIpc) is 2.48. The van der Waals surface area contributed by atoms with Gasteiger partial charge in [-0.15, -0.1) is 11.8 Å². The lowest BCUT2D eigenvalue weighted by molar-refractivity contribution is 0.199. The number of thioether (sulfide) groups is 1. The van der Waals surface area contributed by atoms with Gasteiger partial charge in [0.15, 0.2) is 0 Å². The van der Waals surface area contributed by atoms with E-state index in [1.54, 1.807) is 7.11 Å². The zero-order valence-corrected chi connectivity index (χ0v) is 14.4. The smallest absolute Gasteiger partial charge is 0.0587 e. The van der Waals surface area contributed by atoms with Crippen molar-refractivity contribution in [1.29, 1.82) is 0 Å². The second kappa shape index (κ2) is 8.82. The fourth-order valence-electron chi connectivity index (χ4n) is 2.93. The van der Waals surface area contributed by atoms with Gasteiger partial charge in [0.1, 0.15) is 0 Å². The minimum atomic E-state index is 0.770. The van der Waals surface area contributed by atoms with Gasteiger partial charge >= 0.3 is 0 Å². The molecule has 21 heavy (non-hydrogen) atoms. The van der Waals surface area contributed by atoms with Crippen molar-refractivity contribution in [3.05, 3.63) is 29.8 Å². The van der Waals surface area contributed by atoms with Crippen molar-refractivity contribution in [2.75, 3.05) is 20.3 Å². The second-order valence-electron chi connectivity index (χ2n) is 6.32. The van der Waals surface area contributed by atoms with Crippen LogP contribution in [0.2, 0.25) is 0 Å². The fourth-order valence-corrected chi connectivity index (χ4v) is 4.35. The van der Waals surface area contributed by atoms with E-state index >= 15 is 0 Å². The van der Waals surface area contributed by atoms with E-state index in [0.29, 0.717) is 0 Å². The minimum absolute atomic E-state index is 0.770. The van der Waals surface area contributed by atoms with E-state index in [9.17, 15) is 0 Å². The summed E-state index contributed by atoms with van der Waals surface area (Å²) >= 11 is 2.08. The first-order valence-corrected chi connectivity index (χ1v) is 9.02. The Labute approximate surface area is 134 Å². The molecule has 0 saturated heterocycles. The summed E-state index contributed by atoms with van der Waals surface area (Å²) in [6.07, 6.45) is 4.12. The van der Waals surface area contributed by atoms with Crippen LogP contribution in [-0.2, 0) is 11.3 Å². The van der Waals surface area contributed by atoms with Crippen molar-refractivity contribution in [2.24, 2.45) is 11.8 Å². The maximum absolute atomic E-state index is 5.06.